The number of nitrogens with one attached hydrogen (secondary N) is 1. The van der Waals surface area contributed by atoms with E-state index in [1.807, 2.05) is 23.4 Å². The Kier molecular flexibility index (Phi) is 4.15. The van der Waals surface area contributed by atoms with Crippen LogP contribution in [0.2, 0.25) is 0 Å². The van der Waals surface area contributed by atoms with Crippen LogP contribution in [0.3, 0.4) is 0 Å². The van der Waals surface area contributed by atoms with Gasteiger partial charge in [-0.2, -0.15) is 5.10 Å². The van der Waals surface area contributed by atoms with Gasteiger partial charge in [0, 0.05) is 31.5 Å². The van der Waals surface area contributed by atoms with Gasteiger partial charge >= 0.3 is 0 Å². The van der Waals surface area contributed by atoms with Crippen LogP contribution < -0.4 is 5.32 Å². The van der Waals surface area contributed by atoms with E-state index in [-0.39, 0.29) is 0 Å². The molecule has 0 saturated carbocycles. The monoisotopic (exact) mass is 247 g/mol. The zero-order valence-corrected chi connectivity index (χ0v) is 11.3. The van der Waals surface area contributed by atoms with Crippen molar-refractivity contribution in [2.45, 2.75) is 46.4 Å². The maximum Gasteiger partial charge on any atom is 0.0949 e. The Morgan fingerprint density at radius 1 is 1.28 bits per heavy atom. The smallest absolute Gasteiger partial charge is 0.0949 e. The highest BCUT2D eigenvalue weighted by atomic mass is 15.3. The van der Waals surface area contributed by atoms with Gasteiger partial charge < -0.3 is 9.88 Å². The second kappa shape index (κ2) is 5.82. The van der Waals surface area contributed by atoms with Crippen LogP contribution in [-0.2, 0) is 19.6 Å². The molecular weight excluding hydrogens is 226 g/mol. The Morgan fingerprint density at radius 2 is 2.11 bits per heavy atom. The third kappa shape index (κ3) is 3.43. The first-order chi connectivity index (χ1) is 8.65. The SMILES string of the molecule is Cc1cnn(CCn2cncc2CNC(C)C)c1. The van der Waals surface area contributed by atoms with Gasteiger partial charge in [-0.1, -0.05) is 13.8 Å². The van der Waals surface area contributed by atoms with Crippen molar-refractivity contribution in [3.05, 3.63) is 36.2 Å². The van der Waals surface area contributed by atoms with Gasteiger partial charge in [-0.05, 0) is 12.5 Å². The number of rotatable bonds is 6. The zero-order valence-electron chi connectivity index (χ0n) is 11.3. The Bertz CT molecular complexity index is 483. The summed E-state index contributed by atoms with van der Waals surface area (Å²) in [5.74, 6) is 0. The third-order valence-corrected chi connectivity index (χ3v) is 2.82. The highest BCUT2D eigenvalue weighted by Gasteiger charge is 2.03. The Labute approximate surface area is 108 Å². The predicted molar refractivity (Wildman–Crippen MR) is 71.2 cm³/mol. The van der Waals surface area contributed by atoms with E-state index in [2.05, 4.69) is 46.9 Å². The molecule has 0 aliphatic rings. The molecule has 0 saturated heterocycles. The van der Waals surface area contributed by atoms with Gasteiger partial charge in [-0.15, -0.1) is 0 Å². The summed E-state index contributed by atoms with van der Waals surface area (Å²) in [5.41, 5.74) is 2.41. The van der Waals surface area contributed by atoms with Crippen molar-refractivity contribution < 1.29 is 0 Å². The fraction of sp³-hybridized carbons (Fsp3) is 0.538. The summed E-state index contributed by atoms with van der Waals surface area (Å²) in [5, 5.41) is 7.69. The Hall–Kier alpha value is -1.62. The van der Waals surface area contributed by atoms with E-state index in [9.17, 15) is 0 Å². The molecule has 2 heterocycles. The lowest BCUT2D eigenvalue weighted by atomic mass is 10.3. The summed E-state index contributed by atoms with van der Waals surface area (Å²) in [6, 6.07) is 0.488. The molecule has 0 aliphatic heterocycles. The van der Waals surface area contributed by atoms with Crippen LogP contribution in [0.25, 0.3) is 0 Å². The summed E-state index contributed by atoms with van der Waals surface area (Å²) in [6.45, 7) is 8.98. The molecule has 1 N–H and O–H groups in total. The molecule has 0 spiro atoms. The van der Waals surface area contributed by atoms with Gasteiger partial charge in [0.1, 0.15) is 0 Å². The van der Waals surface area contributed by atoms with Crippen LogP contribution in [0.5, 0.6) is 0 Å². The van der Waals surface area contributed by atoms with E-state index in [0.29, 0.717) is 6.04 Å². The van der Waals surface area contributed by atoms with E-state index < -0.39 is 0 Å². The molecule has 0 fully saturated rings. The molecule has 5 nitrogen and oxygen atoms in total. The predicted octanol–water partition coefficient (Wildman–Crippen LogP) is 1.59. The van der Waals surface area contributed by atoms with E-state index in [0.717, 1.165) is 19.6 Å². The van der Waals surface area contributed by atoms with E-state index in [4.69, 9.17) is 0 Å². The van der Waals surface area contributed by atoms with Crippen molar-refractivity contribution in [2.24, 2.45) is 0 Å². The van der Waals surface area contributed by atoms with Crippen molar-refractivity contribution in [3.63, 3.8) is 0 Å². The minimum atomic E-state index is 0.488. The van der Waals surface area contributed by atoms with Crippen molar-refractivity contribution in [3.8, 4) is 0 Å². The fourth-order valence-corrected chi connectivity index (χ4v) is 1.80. The Balaban J connectivity index is 1.91. The van der Waals surface area contributed by atoms with Crippen LogP contribution in [0, 0.1) is 6.92 Å². The first kappa shape index (κ1) is 12.8. The van der Waals surface area contributed by atoms with Crippen molar-refractivity contribution >= 4 is 0 Å². The van der Waals surface area contributed by atoms with Gasteiger partial charge in [-0.3, -0.25) is 4.68 Å². The fourth-order valence-electron chi connectivity index (χ4n) is 1.80. The summed E-state index contributed by atoms with van der Waals surface area (Å²) in [4.78, 5) is 4.21. The summed E-state index contributed by atoms with van der Waals surface area (Å²) in [6.07, 6.45) is 7.75. The highest BCUT2D eigenvalue weighted by Crippen LogP contribution is 2.01. The molecule has 0 amide bonds. The molecule has 2 aromatic rings. The highest BCUT2D eigenvalue weighted by molar-refractivity contribution is 5.00. The van der Waals surface area contributed by atoms with Gasteiger partial charge in [0.25, 0.3) is 0 Å². The lowest BCUT2D eigenvalue weighted by Gasteiger charge is -2.11. The first-order valence-electron chi connectivity index (χ1n) is 6.36. The van der Waals surface area contributed by atoms with Gasteiger partial charge in [0.2, 0.25) is 0 Å². The molecule has 98 valence electrons. The molecular formula is C13H21N5. The number of imidazole rings is 1. The lowest BCUT2D eigenvalue weighted by Crippen LogP contribution is -2.23. The molecule has 0 radical (unpaired) electrons. The van der Waals surface area contributed by atoms with Crippen molar-refractivity contribution in [1.29, 1.82) is 0 Å². The molecule has 0 aliphatic carbocycles. The molecule has 0 unspecified atom stereocenters. The third-order valence-electron chi connectivity index (χ3n) is 2.82. The van der Waals surface area contributed by atoms with Crippen LogP contribution in [-0.4, -0.2) is 25.4 Å². The molecule has 2 aromatic heterocycles. The normalized spacial score (nSPS) is 11.3. The van der Waals surface area contributed by atoms with Gasteiger partial charge in [-0.25, -0.2) is 4.98 Å². The molecule has 0 aromatic carbocycles. The van der Waals surface area contributed by atoms with Crippen molar-refractivity contribution in [1.82, 2.24) is 24.6 Å². The number of hydrogen-bond acceptors (Lipinski definition) is 3. The van der Waals surface area contributed by atoms with Crippen molar-refractivity contribution in [2.75, 3.05) is 0 Å². The molecule has 2 rings (SSSR count). The van der Waals surface area contributed by atoms with Crippen LogP contribution in [0.1, 0.15) is 25.1 Å². The molecule has 5 heteroatoms. The minimum absolute atomic E-state index is 0.488. The molecule has 0 bridgehead atoms. The van der Waals surface area contributed by atoms with E-state index >= 15 is 0 Å². The van der Waals surface area contributed by atoms with Crippen LogP contribution in [0.4, 0.5) is 0 Å². The van der Waals surface area contributed by atoms with E-state index in [1.54, 1.807) is 0 Å². The second-order valence-corrected chi connectivity index (χ2v) is 4.89. The number of hydrogen-bond donors (Lipinski definition) is 1. The topological polar surface area (TPSA) is 47.7 Å². The standard InChI is InChI=1S/C13H21N5/c1-11(2)15-8-13-7-14-10-17(13)4-5-18-9-12(3)6-16-18/h6-7,9-11,15H,4-5,8H2,1-3H3. The summed E-state index contributed by atoms with van der Waals surface area (Å²) < 4.78 is 4.14. The first-order valence-corrected chi connectivity index (χ1v) is 6.36. The largest absolute Gasteiger partial charge is 0.332 e. The number of aromatic nitrogens is 4. The minimum Gasteiger partial charge on any atom is -0.332 e. The quantitative estimate of drug-likeness (QED) is 0.843. The maximum absolute atomic E-state index is 4.29. The average molecular weight is 247 g/mol. The average Bonchev–Trinajstić information content (AvgIpc) is 2.92. The van der Waals surface area contributed by atoms with Crippen LogP contribution >= 0.6 is 0 Å². The van der Waals surface area contributed by atoms with Gasteiger partial charge in [0.05, 0.1) is 24.8 Å². The van der Waals surface area contributed by atoms with Gasteiger partial charge in [0.15, 0.2) is 0 Å². The van der Waals surface area contributed by atoms with E-state index in [1.165, 1.54) is 11.3 Å². The van der Waals surface area contributed by atoms with Crippen LogP contribution in [0.15, 0.2) is 24.9 Å². The summed E-state index contributed by atoms with van der Waals surface area (Å²) >= 11 is 0. The molecule has 0 atom stereocenters. The summed E-state index contributed by atoms with van der Waals surface area (Å²) in [7, 11) is 0. The lowest BCUT2D eigenvalue weighted by molar-refractivity contribution is 0.504. The number of nitrogens with zero attached hydrogens (tertiary/aromatic N) is 4. The molecule has 18 heavy (non-hydrogen) atoms. The second-order valence-electron chi connectivity index (χ2n) is 4.89. The number of aryl methyl sites for hydroxylation is 3. The maximum atomic E-state index is 4.29. The zero-order chi connectivity index (χ0) is 13.0. The Morgan fingerprint density at radius 3 is 2.78 bits per heavy atom.